The van der Waals surface area contributed by atoms with Gasteiger partial charge in [0.05, 0.1) is 10.6 Å². The molecule has 0 bridgehead atoms. The molecule has 0 spiro atoms. The summed E-state index contributed by atoms with van der Waals surface area (Å²) in [6.45, 7) is 10.8. The molecule has 0 fully saturated rings. The van der Waals surface area contributed by atoms with Crippen molar-refractivity contribution in [3.63, 3.8) is 0 Å². The average molecular weight is 584 g/mol. The maximum absolute atomic E-state index is 14.2. The lowest BCUT2D eigenvalue weighted by Crippen LogP contribution is -2.55. The van der Waals surface area contributed by atoms with Crippen molar-refractivity contribution in [1.82, 2.24) is 10.2 Å². The minimum absolute atomic E-state index is 0.0555. The van der Waals surface area contributed by atoms with Gasteiger partial charge < -0.3 is 10.2 Å². The van der Waals surface area contributed by atoms with E-state index in [-0.39, 0.29) is 17.3 Å². The van der Waals surface area contributed by atoms with Gasteiger partial charge in [-0.3, -0.25) is 13.9 Å². The molecular weight excluding hydrogens is 546 g/mol. The van der Waals surface area contributed by atoms with Crippen molar-refractivity contribution in [3.8, 4) is 0 Å². The number of nitrogens with zero attached hydrogens (tertiary/aromatic N) is 2. The monoisotopic (exact) mass is 583 g/mol. The van der Waals surface area contributed by atoms with Crippen LogP contribution in [0.25, 0.3) is 0 Å². The molecule has 0 saturated heterocycles. The van der Waals surface area contributed by atoms with Gasteiger partial charge in [0.2, 0.25) is 11.8 Å². The Labute approximate surface area is 243 Å². The number of rotatable bonds is 10. The lowest BCUT2D eigenvalue weighted by molar-refractivity contribution is -0.141. The van der Waals surface area contributed by atoms with Crippen LogP contribution in [0.4, 0.5) is 5.69 Å². The highest BCUT2D eigenvalue weighted by Gasteiger charge is 2.35. The van der Waals surface area contributed by atoms with Crippen LogP contribution in [0.5, 0.6) is 0 Å². The molecule has 0 saturated carbocycles. The zero-order valence-corrected chi connectivity index (χ0v) is 25.5. The Morgan fingerprint density at radius 2 is 1.62 bits per heavy atom. The van der Waals surface area contributed by atoms with E-state index in [1.807, 2.05) is 58.9 Å². The van der Waals surface area contributed by atoms with Gasteiger partial charge >= 0.3 is 0 Å². The van der Waals surface area contributed by atoms with E-state index >= 15 is 0 Å². The van der Waals surface area contributed by atoms with Gasteiger partial charge in [-0.05, 0) is 82.5 Å². The average Bonchev–Trinajstić information content (AvgIpc) is 2.87. The number of benzene rings is 3. The topological polar surface area (TPSA) is 86.8 Å². The van der Waals surface area contributed by atoms with Crippen LogP contribution in [0.15, 0.2) is 77.7 Å². The molecule has 1 atom stereocenters. The Hall–Kier alpha value is -3.36. The van der Waals surface area contributed by atoms with Crippen LogP contribution >= 0.6 is 11.6 Å². The maximum atomic E-state index is 14.2. The summed E-state index contributed by atoms with van der Waals surface area (Å²) in [5, 5.41) is 3.43. The molecule has 3 aromatic rings. The third-order valence-electron chi connectivity index (χ3n) is 6.36. The number of nitrogens with one attached hydrogen (secondary N) is 1. The quantitative estimate of drug-likeness (QED) is 0.323. The molecule has 40 heavy (non-hydrogen) atoms. The predicted octanol–water partition coefficient (Wildman–Crippen LogP) is 5.87. The van der Waals surface area contributed by atoms with Crippen molar-refractivity contribution >= 4 is 39.1 Å². The maximum Gasteiger partial charge on any atom is 0.264 e. The van der Waals surface area contributed by atoms with Gasteiger partial charge in [-0.2, -0.15) is 0 Å². The fraction of sp³-hybridized carbons (Fsp3) is 0.355. The minimum Gasteiger partial charge on any atom is -0.350 e. The van der Waals surface area contributed by atoms with E-state index in [0.717, 1.165) is 15.4 Å². The smallest absolute Gasteiger partial charge is 0.264 e. The molecule has 7 nitrogen and oxygen atoms in total. The Morgan fingerprint density at radius 3 is 2.20 bits per heavy atom. The third-order valence-corrected chi connectivity index (χ3v) is 8.37. The van der Waals surface area contributed by atoms with E-state index in [1.165, 1.54) is 17.0 Å². The van der Waals surface area contributed by atoms with E-state index < -0.39 is 34.1 Å². The van der Waals surface area contributed by atoms with Gasteiger partial charge in [0.1, 0.15) is 12.6 Å². The fourth-order valence-electron chi connectivity index (χ4n) is 4.51. The Kier molecular flexibility index (Phi) is 10.0. The van der Waals surface area contributed by atoms with E-state index in [9.17, 15) is 18.0 Å². The van der Waals surface area contributed by atoms with Crippen LogP contribution in [0.3, 0.4) is 0 Å². The van der Waals surface area contributed by atoms with Gasteiger partial charge in [0.15, 0.2) is 0 Å². The first kappa shape index (κ1) is 31.2. The molecule has 9 heteroatoms. The highest BCUT2D eigenvalue weighted by molar-refractivity contribution is 7.92. The zero-order chi connectivity index (χ0) is 29.7. The van der Waals surface area contributed by atoms with E-state index in [0.29, 0.717) is 22.7 Å². The number of amides is 2. The molecule has 1 N–H and O–H groups in total. The van der Waals surface area contributed by atoms with Crippen LogP contribution in [0.2, 0.25) is 5.02 Å². The summed E-state index contributed by atoms with van der Waals surface area (Å²) in [4.78, 5) is 29.1. The van der Waals surface area contributed by atoms with Crippen molar-refractivity contribution in [2.24, 2.45) is 0 Å². The van der Waals surface area contributed by atoms with Crippen molar-refractivity contribution in [1.29, 1.82) is 0 Å². The SMILES string of the molecule is CC[C@@H](C(=O)NC(C)(C)C)N(Cc1cccc(C)c1)C(=O)CN(c1ccc(Cl)cc1C)S(=O)(=O)c1ccccc1. The second-order valence-electron chi connectivity index (χ2n) is 10.9. The highest BCUT2D eigenvalue weighted by atomic mass is 35.5. The first-order valence-corrected chi connectivity index (χ1v) is 15.1. The Morgan fingerprint density at radius 1 is 0.950 bits per heavy atom. The summed E-state index contributed by atoms with van der Waals surface area (Å²) >= 11 is 6.17. The number of carbonyl (C=O) groups excluding carboxylic acids is 2. The van der Waals surface area contributed by atoms with Gasteiger partial charge in [0, 0.05) is 17.1 Å². The molecule has 214 valence electrons. The fourth-order valence-corrected chi connectivity index (χ4v) is 6.24. The molecule has 0 unspecified atom stereocenters. The molecular formula is C31H38ClN3O4S. The zero-order valence-electron chi connectivity index (χ0n) is 23.9. The summed E-state index contributed by atoms with van der Waals surface area (Å²) in [7, 11) is -4.14. The summed E-state index contributed by atoms with van der Waals surface area (Å²) in [6.07, 6.45) is 0.352. The summed E-state index contributed by atoms with van der Waals surface area (Å²) in [5.74, 6) is -0.789. The summed E-state index contributed by atoms with van der Waals surface area (Å²) in [5.41, 5.74) is 2.29. The molecule has 3 rings (SSSR count). The van der Waals surface area contributed by atoms with Crippen molar-refractivity contribution < 1.29 is 18.0 Å². The summed E-state index contributed by atoms with van der Waals surface area (Å²) < 4.78 is 29.0. The van der Waals surface area contributed by atoms with Gasteiger partial charge in [-0.15, -0.1) is 0 Å². The molecule has 0 aromatic heterocycles. The first-order chi connectivity index (χ1) is 18.7. The largest absolute Gasteiger partial charge is 0.350 e. The van der Waals surface area contributed by atoms with Crippen molar-refractivity contribution in [2.45, 2.75) is 71.0 Å². The van der Waals surface area contributed by atoms with Crippen LogP contribution in [0, 0.1) is 13.8 Å². The van der Waals surface area contributed by atoms with Crippen molar-refractivity contribution in [3.05, 3.63) is 94.5 Å². The molecule has 2 amide bonds. The molecule has 0 aliphatic rings. The Bertz CT molecular complexity index is 1450. The normalized spacial score (nSPS) is 12.5. The number of halogens is 1. The first-order valence-electron chi connectivity index (χ1n) is 13.2. The second kappa shape index (κ2) is 12.9. The Balaban J connectivity index is 2.10. The van der Waals surface area contributed by atoms with Crippen LogP contribution < -0.4 is 9.62 Å². The van der Waals surface area contributed by atoms with E-state index in [4.69, 9.17) is 11.6 Å². The molecule has 3 aromatic carbocycles. The van der Waals surface area contributed by atoms with E-state index in [1.54, 1.807) is 43.3 Å². The highest BCUT2D eigenvalue weighted by Crippen LogP contribution is 2.29. The van der Waals surface area contributed by atoms with Crippen LogP contribution in [0.1, 0.15) is 50.8 Å². The van der Waals surface area contributed by atoms with Gasteiger partial charge in [0.25, 0.3) is 10.0 Å². The minimum atomic E-state index is -4.14. The number of sulfonamides is 1. The van der Waals surface area contributed by atoms with E-state index in [2.05, 4.69) is 5.32 Å². The molecule has 0 aliphatic heterocycles. The molecule has 0 radical (unpaired) electrons. The third kappa shape index (κ3) is 7.86. The number of carbonyl (C=O) groups is 2. The number of aryl methyl sites for hydroxylation is 2. The van der Waals surface area contributed by atoms with Gasteiger partial charge in [-0.1, -0.05) is 66.6 Å². The van der Waals surface area contributed by atoms with Gasteiger partial charge in [-0.25, -0.2) is 8.42 Å². The predicted molar refractivity (Wildman–Crippen MR) is 161 cm³/mol. The van der Waals surface area contributed by atoms with Crippen LogP contribution in [-0.2, 0) is 26.2 Å². The lowest BCUT2D eigenvalue weighted by atomic mass is 10.0. The van der Waals surface area contributed by atoms with Crippen molar-refractivity contribution in [2.75, 3.05) is 10.8 Å². The standard InChI is InChI=1S/C31H38ClN3O4S/c1-7-27(30(37)33-31(4,5)6)34(20-24-13-11-12-22(2)18-24)29(36)21-35(28-17-16-25(32)19-23(28)3)40(38,39)26-14-9-8-10-15-26/h8-19,27H,7,20-21H2,1-6H3,(H,33,37)/t27-/m0/s1. The number of anilines is 1. The molecule has 0 heterocycles. The summed E-state index contributed by atoms with van der Waals surface area (Å²) in [6, 6.07) is 19.7. The lowest BCUT2D eigenvalue weighted by Gasteiger charge is -2.35. The molecule has 0 aliphatic carbocycles. The number of hydrogen-bond donors (Lipinski definition) is 1. The second-order valence-corrected chi connectivity index (χ2v) is 13.2. The van der Waals surface area contributed by atoms with Crippen LogP contribution in [-0.4, -0.2) is 43.3 Å². The number of hydrogen-bond acceptors (Lipinski definition) is 4.